The van der Waals surface area contributed by atoms with Gasteiger partial charge in [0.25, 0.3) is 0 Å². The second-order valence-electron chi connectivity index (χ2n) is 5.20. The third-order valence-electron chi connectivity index (χ3n) is 3.61. The van der Waals surface area contributed by atoms with Crippen LogP contribution in [-0.4, -0.2) is 36.9 Å². The van der Waals surface area contributed by atoms with Crippen LogP contribution in [0.25, 0.3) is 0 Å². The molecule has 0 radical (unpaired) electrons. The van der Waals surface area contributed by atoms with E-state index in [4.69, 9.17) is 4.74 Å². The summed E-state index contributed by atoms with van der Waals surface area (Å²) in [5.74, 6) is 0.681. The standard InChI is InChI=1S/C16H22N2O3/c1-11(19)17-7-4-3-5-14-13-10-16(21-2)15(20)9-12(13)6-8-18-14/h9-10,20H,3-8H2,1-2H3,(H,17,19). The molecule has 0 saturated carbocycles. The van der Waals surface area contributed by atoms with E-state index < -0.39 is 0 Å². The predicted octanol–water partition coefficient (Wildman–Crippen LogP) is 2.05. The van der Waals surface area contributed by atoms with Crippen LogP contribution in [0.3, 0.4) is 0 Å². The topological polar surface area (TPSA) is 70.9 Å². The van der Waals surface area contributed by atoms with Gasteiger partial charge in [0.05, 0.1) is 7.11 Å². The minimum Gasteiger partial charge on any atom is -0.504 e. The Morgan fingerprint density at radius 1 is 1.43 bits per heavy atom. The van der Waals surface area contributed by atoms with Crippen LogP contribution in [0.1, 0.15) is 37.3 Å². The third-order valence-corrected chi connectivity index (χ3v) is 3.61. The van der Waals surface area contributed by atoms with Crippen molar-refractivity contribution in [3.8, 4) is 11.5 Å². The van der Waals surface area contributed by atoms with Gasteiger partial charge in [0, 0.05) is 31.3 Å². The number of fused-ring (bicyclic) bond motifs is 1. The smallest absolute Gasteiger partial charge is 0.216 e. The third kappa shape index (κ3) is 3.97. The molecule has 5 nitrogen and oxygen atoms in total. The number of carbonyl (C=O) groups excluding carboxylic acids is 1. The SMILES string of the molecule is COc1cc2c(cc1O)CCN=C2CCCCNC(C)=O. The van der Waals surface area contributed by atoms with Gasteiger partial charge in [-0.15, -0.1) is 0 Å². The molecule has 0 fully saturated rings. The molecule has 1 aliphatic heterocycles. The lowest BCUT2D eigenvalue weighted by Gasteiger charge is -2.18. The van der Waals surface area contributed by atoms with Crippen molar-refractivity contribution in [1.82, 2.24) is 5.32 Å². The van der Waals surface area contributed by atoms with Crippen LogP contribution < -0.4 is 10.1 Å². The van der Waals surface area contributed by atoms with Crippen molar-refractivity contribution in [3.63, 3.8) is 0 Å². The molecule has 1 amide bonds. The first kappa shape index (κ1) is 15.4. The van der Waals surface area contributed by atoms with Gasteiger partial charge in [-0.2, -0.15) is 0 Å². The largest absolute Gasteiger partial charge is 0.504 e. The Hall–Kier alpha value is -2.04. The summed E-state index contributed by atoms with van der Waals surface area (Å²) in [6.45, 7) is 2.99. The number of rotatable bonds is 6. The van der Waals surface area contributed by atoms with E-state index in [2.05, 4.69) is 10.3 Å². The minimum absolute atomic E-state index is 0.00978. The Morgan fingerprint density at radius 3 is 2.95 bits per heavy atom. The Morgan fingerprint density at radius 2 is 2.24 bits per heavy atom. The Labute approximate surface area is 125 Å². The zero-order chi connectivity index (χ0) is 15.2. The lowest BCUT2D eigenvalue weighted by molar-refractivity contribution is -0.118. The molecule has 1 heterocycles. The molecule has 0 aromatic heterocycles. The summed E-state index contributed by atoms with van der Waals surface area (Å²) in [6, 6.07) is 3.65. The van der Waals surface area contributed by atoms with Gasteiger partial charge in [0.1, 0.15) is 0 Å². The van der Waals surface area contributed by atoms with Gasteiger partial charge >= 0.3 is 0 Å². The quantitative estimate of drug-likeness (QED) is 0.788. The summed E-state index contributed by atoms with van der Waals surface area (Å²) in [6.07, 6.45) is 3.63. The number of phenols is 1. The molecule has 0 saturated heterocycles. The zero-order valence-electron chi connectivity index (χ0n) is 12.6. The fourth-order valence-corrected chi connectivity index (χ4v) is 2.54. The molecule has 21 heavy (non-hydrogen) atoms. The highest BCUT2D eigenvalue weighted by Crippen LogP contribution is 2.32. The molecule has 2 rings (SSSR count). The number of nitrogens with one attached hydrogen (secondary N) is 1. The maximum absolute atomic E-state index is 10.8. The predicted molar refractivity (Wildman–Crippen MR) is 82.3 cm³/mol. The number of unbranched alkanes of at least 4 members (excludes halogenated alkanes) is 1. The van der Waals surface area contributed by atoms with E-state index in [0.29, 0.717) is 12.3 Å². The number of hydrogen-bond donors (Lipinski definition) is 2. The number of nitrogens with zero attached hydrogens (tertiary/aromatic N) is 1. The summed E-state index contributed by atoms with van der Waals surface area (Å²) in [4.78, 5) is 15.4. The molecule has 2 N–H and O–H groups in total. The van der Waals surface area contributed by atoms with Crippen LogP contribution in [-0.2, 0) is 11.2 Å². The van der Waals surface area contributed by atoms with E-state index in [1.54, 1.807) is 13.2 Å². The fraction of sp³-hybridized carbons (Fsp3) is 0.500. The highest BCUT2D eigenvalue weighted by atomic mass is 16.5. The summed E-state index contributed by atoms with van der Waals surface area (Å²) >= 11 is 0. The van der Waals surface area contributed by atoms with Gasteiger partial charge in [-0.3, -0.25) is 9.79 Å². The van der Waals surface area contributed by atoms with Gasteiger partial charge in [-0.1, -0.05) is 0 Å². The molecule has 1 aromatic rings. The highest BCUT2D eigenvalue weighted by molar-refractivity contribution is 6.03. The second-order valence-corrected chi connectivity index (χ2v) is 5.20. The molecular formula is C16H22N2O3. The molecule has 0 bridgehead atoms. The van der Waals surface area contributed by atoms with Crippen LogP contribution in [0.5, 0.6) is 11.5 Å². The number of hydrogen-bond acceptors (Lipinski definition) is 4. The van der Waals surface area contributed by atoms with Gasteiger partial charge in [-0.05, 0) is 43.4 Å². The van der Waals surface area contributed by atoms with E-state index in [9.17, 15) is 9.90 Å². The lowest BCUT2D eigenvalue weighted by Crippen LogP contribution is -2.21. The van der Waals surface area contributed by atoms with Crippen molar-refractivity contribution < 1.29 is 14.6 Å². The van der Waals surface area contributed by atoms with Crippen molar-refractivity contribution >= 4 is 11.6 Å². The number of amides is 1. The van der Waals surface area contributed by atoms with E-state index in [1.807, 2.05) is 6.07 Å². The minimum atomic E-state index is 0.00978. The van der Waals surface area contributed by atoms with Gasteiger partial charge in [0.15, 0.2) is 11.5 Å². The van der Waals surface area contributed by atoms with E-state index in [-0.39, 0.29) is 11.7 Å². The molecule has 114 valence electrons. The first-order valence-corrected chi connectivity index (χ1v) is 7.30. The fourth-order valence-electron chi connectivity index (χ4n) is 2.54. The van der Waals surface area contributed by atoms with Crippen LogP contribution in [0.2, 0.25) is 0 Å². The summed E-state index contributed by atoms with van der Waals surface area (Å²) < 4.78 is 5.18. The molecule has 1 aliphatic rings. The first-order valence-electron chi connectivity index (χ1n) is 7.30. The van der Waals surface area contributed by atoms with E-state index in [0.717, 1.165) is 49.1 Å². The summed E-state index contributed by atoms with van der Waals surface area (Å²) in [5, 5.41) is 12.6. The number of ether oxygens (including phenoxy) is 1. The molecular weight excluding hydrogens is 268 g/mol. The molecule has 0 unspecified atom stereocenters. The molecule has 0 spiro atoms. The second kappa shape index (κ2) is 7.11. The van der Waals surface area contributed by atoms with Crippen LogP contribution in [0.4, 0.5) is 0 Å². The first-order chi connectivity index (χ1) is 10.1. The monoisotopic (exact) mass is 290 g/mol. The summed E-state index contributed by atoms with van der Waals surface area (Å²) in [7, 11) is 1.55. The average Bonchev–Trinajstić information content (AvgIpc) is 2.46. The molecule has 0 atom stereocenters. The summed E-state index contributed by atoms with van der Waals surface area (Å²) in [5.41, 5.74) is 3.27. The number of phenolic OH excluding ortho intramolecular Hbond substituents is 1. The Kier molecular flexibility index (Phi) is 5.20. The van der Waals surface area contributed by atoms with Crippen molar-refractivity contribution in [2.75, 3.05) is 20.2 Å². The van der Waals surface area contributed by atoms with E-state index >= 15 is 0 Å². The number of aromatic hydroxyl groups is 1. The molecule has 5 heteroatoms. The van der Waals surface area contributed by atoms with Gasteiger partial charge < -0.3 is 15.2 Å². The highest BCUT2D eigenvalue weighted by Gasteiger charge is 2.17. The number of benzene rings is 1. The Bertz CT molecular complexity index is 553. The van der Waals surface area contributed by atoms with Crippen molar-refractivity contribution in [2.24, 2.45) is 4.99 Å². The van der Waals surface area contributed by atoms with Crippen LogP contribution in [0, 0.1) is 0 Å². The number of methoxy groups -OCH3 is 1. The van der Waals surface area contributed by atoms with Gasteiger partial charge in [-0.25, -0.2) is 0 Å². The van der Waals surface area contributed by atoms with Crippen LogP contribution >= 0.6 is 0 Å². The van der Waals surface area contributed by atoms with Crippen LogP contribution in [0.15, 0.2) is 17.1 Å². The maximum Gasteiger partial charge on any atom is 0.216 e. The molecule has 1 aromatic carbocycles. The maximum atomic E-state index is 10.8. The van der Waals surface area contributed by atoms with Crippen molar-refractivity contribution in [3.05, 3.63) is 23.3 Å². The van der Waals surface area contributed by atoms with Crippen molar-refractivity contribution in [1.29, 1.82) is 0 Å². The normalized spacial score (nSPS) is 13.3. The lowest BCUT2D eigenvalue weighted by atomic mass is 9.94. The molecule has 0 aliphatic carbocycles. The zero-order valence-corrected chi connectivity index (χ0v) is 12.6. The Balaban J connectivity index is 1.99. The number of aliphatic imine (C=N–C) groups is 1. The number of carbonyl (C=O) groups is 1. The average molecular weight is 290 g/mol. The van der Waals surface area contributed by atoms with Gasteiger partial charge in [0.2, 0.25) is 5.91 Å². The van der Waals surface area contributed by atoms with Crippen molar-refractivity contribution in [2.45, 2.75) is 32.6 Å². The van der Waals surface area contributed by atoms with E-state index in [1.165, 1.54) is 6.92 Å².